The van der Waals surface area contributed by atoms with E-state index in [4.69, 9.17) is 16.3 Å². The van der Waals surface area contributed by atoms with E-state index >= 15 is 0 Å². The van der Waals surface area contributed by atoms with Crippen LogP contribution in [0.15, 0.2) is 42.5 Å². The van der Waals surface area contributed by atoms with E-state index in [1.165, 1.54) is 7.11 Å². The lowest BCUT2D eigenvalue weighted by Gasteiger charge is -2.36. The number of amides is 2. The third kappa shape index (κ3) is 3.93. The van der Waals surface area contributed by atoms with Crippen LogP contribution in [0.3, 0.4) is 0 Å². The van der Waals surface area contributed by atoms with Crippen LogP contribution < -0.4 is 15.0 Å². The third-order valence-electron chi connectivity index (χ3n) is 4.95. The van der Waals surface area contributed by atoms with Gasteiger partial charge in [0.1, 0.15) is 6.07 Å². The van der Waals surface area contributed by atoms with Gasteiger partial charge in [0.15, 0.2) is 5.82 Å². The van der Waals surface area contributed by atoms with Crippen molar-refractivity contribution in [2.45, 2.75) is 0 Å². The zero-order valence-corrected chi connectivity index (χ0v) is 17.1. The van der Waals surface area contributed by atoms with Crippen molar-refractivity contribution in [1.29, 1.82) is 5.26 Å². The first-order valence-corrected chi connectivity index (χ1v) is 9.78. The molecule has 4 rings (SSSR count). The molecular weight excluding hydrogens is 404 g/mol. The molecule has 152 valence electrons. The molecule has 0 unspecified atom stereocenters. The summed E-state index contributed by atoms with van der Waals surface area (Å²) in [5.41, 5.74) is 2.71. The Balaban J connectivity index is 1.46. The number of hydrogen-bond donors (Lipinski definition) is 1. The first-order valence-electron chi connectivity index (χ1n) is 9.40. The molecule has 8 nitrogen and oxygen atoms in total. The summed E-state index contributed by atoms with van der Waals surface area (Å²) in [4.78, 5) is 25.5. The molecule has 0 saturated carbocycles. The fourth-order valence-corrected chi connectivity index (χ4v) is 3.58. The number of carbonyl (C=O) groups excluding carboxylic acids is 1. The number of benzene rings is 2. The van der Waals surface area contributed by atoms with Gasteiger partial charge >= 0.3 is 6.03 Å². The van der Waals surface area contributed by atoms with Crippen LogP contribution in [0.25, 0.3) is 11.0 Å². The molecule has 0 aliphatic carbocycles. The summed E-state index contributed by atoms with van der Waals surface area (Å²) in [5, 5.41) is 12.7. The molecule has 1 aliphatic rings. The normalized spacial score (nSPS) is 13.8. The summed E-state index contributed by atoms with van der Waals surface area (Å²) in [6.45, 7) is 2.30. The average Bonchev–Trinajstić information content (AvgIpc) is 2.78. The first-order chi connectivity index (χ1) is 14.6. The van der Waals surface area contributed by atoms with E-state index in [-0.39, 0.29) is 17.7 Å². The van der Waals surface area contributed by atoms with Gasteiger partial charge in [0.2, 0.25) is 0 Å². The zero-order chi connectivity index (χ0) is 21.1. The lowest BCUT2D eigenvalue weighted by molar-refractivity contribution is 0.208. The Hall–Kier alpha value is -3.57. The van der Waals surface area contributed by atoms with Gasteiger partial charge in [0.05, 0.1) is 29.4 Å². The van der Waals surface area contributed by atoms with Crippen LogP contribution in [-0.2, 0) is 0 Å². The van der Waals surface area contributed by atoms with Crippen molar-refractivity contribution >= 4 is 40.2 Å². The predicted molar refractivity (Wildman–Crippen MR) is 115 cm³/mol. The SMILES string of the molecule is COc1nc2cc(Cl)ccc2nc1NC(=O)N1CCN(c2ccccc2C#N)CC1. The van der Waals surface area contributed by atoms with Crippen LogP contribution in [0.5, 0.6) is 5.88 Å². The van der Waals surface area contributed by atoms with Crippen molar-refractivity contribution in [1.82, 2.24) is 14.9 Å². The number of piperazine rings is 1. The maximum Gasteiger partial charge on any atom is 0.323 e. The van der Waals surface area contributed by atoms with Crippen molar-refractivity contribution in [2.75, 3.05) is 43.5 Å². The fraction of sp³-hybridized carbons (Fsp3) is 0.238. The molecule has 9 heteroatoms. The second-order valence-corrected chi connectivity index (χ2v) is 7.18. The van der Waals surface area contributed by atoms with Gasteiger partial charge in [-0.2, -0.15) is 5.26 Å². The largest absolute Gasteiger partial charge is 0.478 e. The number of hydrogen-bond acceptors (Lipinski definition) is 6. The molecule has 1 aliphatic heterocycles. The van der Waals surface area contributed by atoms with Crippen LogP contribution in [0.4, 0.5) is 16.3 Å². The smallest absolute Gasteiger partial charge is 0.323 e. The first kappa shape index (κ1) is 19.7. The number of anilines is 2. The molecule has 0 bridgehead atoms. The molecule has 2 amide bonds. The lowest BCUT2D eigenvalue weighted by atomic mass is 10.1. The molecule has 1 saturated heterocycles. The van der Waals surface area contributed by atoms with Gasteiger partial charge in [-0.15, -0.1) is 0 Å². The Morgan fingerprint density at radius 2 is 1.90 bits per heavy atom. The highest BCUT2D eigenvalue weighted by molar-refractivity contribution is 6.31. The monoisotopic (exact) mass is 422 g/mol. The fourth-order valence-electron chi connectivity index (χ4n) is 3.41. The minimum Gasteiger partial charge on any atom is -0.478 e. The third-order valence-corrected chi connectivity index (χ3v) is 5.18. The van der Waals surface area contributed by atoms with E-state index in [1.54, 1.807) is 29.2 Å². The second kappa shape index (κ2) is 8.43. The number of para-hydroxylation sites is 1. The number of aromatic nitrogens is 2. The number of halogens is 1. The summed E-state index contributed by atoms with van der Waals surface area (Å²) >= 11 is 6.01. The van der Waals surface area contributed by atoms with Crippen LogP contribution in [0.2, 0.25) is 5.02 Å². The molecule has 30 heavy (non-hydrogen) atoms. The number of methoxy groups -OCH3 is 1. The summed E-state index contributed by atoms with van der Waals surface area (Å²) in [5.74, 6) is 0.481. The Labute approximate surface area is 178 Å². The topological polar surface area (TPSA) is 94.4 Å². The highest BCUT2D eigenvalue weighted by atomic mass is 35.5. The number of fused-ring (bicyclic) bond motifs is 1. The van der Waals surface area contributed by atoms with E-state index in [1.807, 2.05) is 18.2 Å². The summed E-state index contributed by atoms with van der Waals surface area (Å²) in [6.07, 6.45) is 0. The number of urea groups is 1. The minimum absolute atomic E-state index is 0.222. The summed E-state index contributed by atoms with van der Waals surface area (Å²) in [6, 6.07) is 14.6. The molecule has 0 atom stereocenters. The molecule has 2 heterocycles. The lowest BCUT2D eigenvalue weighted by Crippen LogP contribution is -2.50. The predicted octanol–water partition coefficient (Wildman–Crippen LogP) is 3.52. The maximum atomic E-state index is 12.8. The van der Waals surface area contributed by atoms with Crippen LogP contribution in [0, 0.1) is 11.3 Å². The van der Waals surface area contributed by atoms with Crippen LogP contribution in [-0.4, -0.2) is 54.2 Å². The van der Waals surface area contributed by atoms with Crippen molar-refractivity contribution in [3.05, 3.63) is 53.1 Å². The maximum absolute atomic E-state index is 12.8. The second-order valence-electron chi connectivity index (χ2n) is 6.75. The van der Waals surface area contributed by atoms with Crippen molar-refractivity contribution < 1.29 is 9.53 Å². The average molecular weight is 423 g/mol. The van der Waals surface area contributed by atoms with Crippen LogP contribution in [0.1, 0.15) is 5.56 Å². The molecule has 1 aromatic heterocycles. The van der Waals surface area contributed by atoms with Gasteiger partial charge in [-0.3, -0.25) is 5.32 Å². The van der Waals surface area contributed by atoms with Crippen molar-refractivity contribution in [2.24, 2.45) is 0 Å². The van der Waals surface area contributed by atoms with Crippen molar-refractivity contribution in [3.63, 3.8) is 0 Å². The molecule has 1 N–H and O–H groups in total. The number of nitrogens with zero attached hydrogens (tertiary/aromatic N) is 5. The molecule has 1 fully saturated rings. The molecule has 0 radical (unpaired) electrons. The van der Waals surface area contributed by atoms with Gasteiger partial charge in [-0.25, -0.2) is 14.8 Å². The Kier molecular flexibility index (Phi) is 5.55. The standard InChI is InChI=1S/C21H19ClN6O2/c1-30-20-19(24-16-7-6-15(22)12-17(16)25-20)26-21(29)28-10-8-27(9-11-28)18-5-3-2-4-14(18)13-23/h2-7,12H,8-11H2,1H3,(H,24,26,29). The van der Waals surface area contributed by atoms with Gasteiger partial charge in [0, 0.05) is 31.2 Å². The zero-order valence-electron chi connectivity index (χ0n) is 16.3. The highest BCUT2D eigenvalue weighted by Gasteiger charge is 2.24. The van der Waals surface area contributed by atoms with E-state index in [0.717, 1.165) is 5.69 Å². The Bertz CT molecular complexity index is 1140. The molecule has 2 aromatic carbocycles. The molecular formula is C21H19ClN6O2. The van der Waals surface area contributed by atoms with Crippen LogP contribution >= 0.6 is 11.6 Å². The van der Waals surface area contributed by atoms with Crippen molar-refractivity contribution in [3.8, 4) is 11.9 Å². The van der Waals surface area contributed by atoms with Gasteiger partial charge < -0.3 is 14.5 Å². The molecule has 0 spiro atoms. The highest BCUT2D eigenvalue weighted by Crippen LogP contribution is 2.26. The quantitative estimate of drug-likeness (QED) is 0.694. The number of nitrogens with one attached hydrogen (secondary N) is 1. The van der Waals surface area contributed by atoms with E-state index in [2.05, 4.69) is 26.3 Å². The Morgan fingerprint density at radius 1 is 1.13 bits per heavy atom. The van der Waals surface area contributed by atoms with Gasteiger partial charge in [-0.05, 0) is 30.3 Å². The number of ether oxygens (including phenoxy) is 1. The summed E-state index contributed by atoms with van der Waals surface area (Å²) < 4.78 is 5.29. The minimum atomic E-state index is -0.274. The number of rotatable bonds is 3. The molecule has 3 aromatic rings. The van der Waals surface area contributed by atoms with Gasteiger partial charge in [0.25, 0.3) is 5.88 Å². The number of nitriles is 1. The van der Waals surface area contributed by atoms with E-state index in [0.29, 0.717) is 47.8 Å². The van der Waals surface area contributed by atoms with E-state index in [9.17, 15) is 10.1 Å². The van der Waals surface area contributed by atoms with E-state index < -0.39 is 0 Å². The Morgan fingerprint density at radius 3 is 2.63 bits per heavy atom. The van der Waals surface area contributed by atoms with Gasteiger partial charge in [-0.1, -0.05) is 23.7 Å². The summed E-state index contributed by atoms with van der Waals surface area (Å²) in [7, 11) is 1.47. The number of carbonyl (C=O) groups is 1.